The molecular weight excluding hydrogens is 544 g/mol. The normalized spacial score (nSPS) is 27.1. The Bertz CT molecular complexity index is 518. The van der Waals surface area contributed by atoms with E-state index in [9.17, 15) is 4.79 Å². The Hall–Kier alpha value is 0.350. The van der Waals surface area contributed by atoms with Crippen LogP contribution in [0.25, 0.3) is 0 Å². The first-order valence-corrected chi connectivity index (χ1v) is 14.0. The van der Waals surface area contributed by atoms with Crippen molar-refractivity contribution in [3.8, 4) is 0 Å². The second-order valence-electron chi connectivity index (χ2n) is 11.8. The summed E-state index contributed by atoms with van der Waals surface area (Å²) >= 11 is 0. The van der Waals surface area contributed by atoms with Gasteiger partial charge in [0.15, 0.2) is 0 Å². The van der Waals surface area contributed by atoms with Gasteiger partial charge in [0.25, 0.3) is 0 Å². The number of rotatable bonds is 9. The number of unbranched alkanes of at least 4 members (excludes halogenated alkanes) is 2. The Morgan fingerprint density at radius 1 is 0.727 bits per heavy atom. The van der Waals surface area contributed by atoms with Crippen LogP contribution in [0.4, 0.5) is 0 Å². The first-order valence-electron chi connectivity index (χ1n) is 14.0. The number of carbonyl (C=O) groups excluding carboxylic acids is 1. The first-order chi connectivity index (χ1) is 15.1. The number of hydrogen-bond donors (Lipinski definition) is 0. The van der Waals surface area contributed by atoms with Crippen molar-refractivity contribution in [3.63, 3.8) is 0 Å². The topological polar surface area (TPSA) is 26.3 Å². The van der Waals surface area contributed by atoms with Gasteiger partial charge in [0.2, 0.25) is 0 Å². The average molecular weight is 595 g/mol. The van der Waals surface area contributed by atoms with Gasteiger partial charge in [-0.15, -0.1) is 0 Å². The molecule has 4 heterocycles. The predicted octanol–water partition coefficient (Wildman–Crippen LogP) is -0.692. The fourth-order valence-electron chi connectivity index (χ4n) is 7.42. The van der Waals surface area contributed by atoms with E-state index >= 15 is 0 Å². The van der Waals surface area contributed by atoms with Gasteiger partial charge >= 0.3 is 5.97 Å². The summed E-state index contributed by atoms with van der Waals surface area (Å²) in [6.45, 7) is 13.4. The summed E-state index contributed by atoms with van der Waals surface area (Å²) in [5.74, 6) is 1.63. The van der Waals surface area contributed by atoms with Crippen molar-refractivity contribution >= 4 is 5.97 Å². The van der Waals surface area contributed by atoms with Crippen LogP contribution < -0.4 is 34.0 Å². The van der Waals surface area contributed by atoms with E-state index in [1.807, 2.05) is 0 Å². The molecule has 4 saturated heterocycles. The molecule has 0 unspecified atom stereocenters. The second-order valence-corrected chi connectivity index (χ2v) is 11.8. The molecule has 4 nitrogen and oxygen atoms in total. The molecular formula is C27H50Br2N2O2. The zero-order valence-electron chi connectivity index (χ0n) is 21.3. The van der Waals surface area contributed by atoms with E-state index in [1.165, 1.54) is 119 Å². The van der Waals surface area contributed by atoms with Crippen molar-refractivity contribution in [2.75, 3.05) is 52.4 Å². The van der Waals surface area contributed by atoms with Crippen LogP contribution in [0.3, 0.4) is 0 Å². The molecule has 0 atom stereocenters. The van der Waals surface area contributed by atoms with Crippen molar-refractivity contribution in [2.24, 2.45) is 11.8 Å². The third-order valence-corrected chi connectivity index (χ3v) is 9.55. The lowest BCUT2D eigenvalue weighted by Crippen LogP contribution is -3.00. The quantitative estimate of drug-likeness (QED) is 0.201. The highest BCUT2D eigenvalue weighted by Crippen LogP contribution is 2.35. The van der Waals surface area contributed by atoms with Crippen LogP contribution in [0.5, 0.6) is 0 Å². The number of ether oxygens (including phenoxy) is 1. The van der Waals surface area contributed by atoms with E-state index in [1.54, 1.807) is 0 Å². The van der Waals surface area contributed by atoms with Gasteiger partial charge in [-0.1, -0.05) is 19.8 Å². The molecule has 0 saturated carbocycles. The molecule has 4 aliphatic rings. The lowest BCUT2D eigenvalue weighted by Gasteiger charge is -2.42. The summed E-state index contributed by atoms with van der Waals surface area (Å²) in [6.07, 6.45) is 17.5. The van der Waals surface area contributed by atoms with Gasteiger partial charge in [-0.25, -0.2) is 0 Å². The van der Waals surface area contributed by atoms with Crippen LogP contribution in [0.2, 0.25) is 0 Å². The fourth-order valence-corrected chi connectivity index (χ4v) is 7.42. The number of esters is 1. The Morgan fingerprint density at radius 2 is 1.15 bits per heavy atom. The SMILES string of the molecule is CCCCCC(=O)OC(CC1CC[N+]2(CCCC2)CC1)CC1CC[N+]2(CCCC2)CC1.[Br-].[Br-]. The Labute approximate surface area is 224 Å². The summed E-state index contributed by atoms with van der Waals surface area (Å²) in [7, 11) is 0. The summed E-state index contributed by atoms with van der Waals surface area (Å²) < 4.78 is 8.99. The van der Waals surface area contributed by atoms with E-state index in [2.05, 4.69) is 6.92 Å². The maximum atomic E-state index is 12.6. The van der Waals surface area contributed by atoms with Crippen LogP contribution in [0.15, 0.2) is 0 Å². The van der Waals surface area contributed by atoms with E-state index < -0.39 is 0 Å². The smallest absolute Gasteiger partial charge is 0.306 e. The molecule has 0 aliphatic carbocycles. The van der Waals surface area contributed by atoms with E-state index in [0.717, 1.165) is 37.5 Å². The van der Waals surface area contributed by atoms with E-state index in [4.69, 9.17) is 4.74 Å². The number of piperidine rings is 2. The van der Waals surface area contributed by atoms with Crippen LogP contribution in [-0.2, 0) is 9.53 Å². The molecule has 0 aromatic heterocycles. The number of halogens is 2. The number of nitrogens with zero attached hydrogens (tertiary/aromatic N) is 2. The zero-order valence-corrected chi connectivity index (χ0v) is 24.4. The van der Waals surface area contributed by atoms with Gasteiger partial charge in [-0.3, -0.25) is 4.79 Å². The third kappa shape index (κ3) is 8.46. The molecule has 4 fully saturated rings. The van der Waals surface area contributed by atoms with E-state index in [0.29, 0.717) is 6.42 Å². The molecule has 4 aliphatic heterocycles. The Balaban J connectivity index is 0.00000193. The minimum atomic E-state index is 0. The highest BCUT2D eigenvalue weighted by atomic mass is 79.9. The van der Waals surface area contributed by atoms with Gasteiger partial charge in [0, 0.05) is 32.1 Å². The highest BCUT2D eigenvalue weighted by molar-refractivity contribution is 5.69. The van der Waals surface area contributed by atoms with Crippen molar-refractivity contribution < 1.29 is 52.5 Å². The lowest BCUT2D eigenvalue weighted by atomic mass is 9.84. The van der Waals surface area contributed by atoms with Crippen LogP contribution in [0.1, 0.15) is 96.8 Å². The molecule has 0 aromatic rings. The lowest BCUT2D eigenvalue weighted by molar-refractivity contribution is -0.922. The molecule has 2 spiro atoms. The Morgan fingerprint density at radius 3 is 1.55 bits per heavy atom. The van der Waals surface area contributed by atoms with Gasteiger partial charge in [0.1, 0.15) is 6.10 Å². The maximum absolute atomic E-state index is 12.6. The zero-order chi connectivity index (χ0) is 21.6. The summed E-state index contributed by atoms with van der Waals surface area (Å²) in [4.78, 5) is 12.6. The summed E-state index contributed by atoms with van der Waals surface area (Å²) in [5.41, 5.74) is 0. The van der Waals surface area contributed by atoms with Crippen LogP contribution in [0, 0.1) is 11.8 Å². The molecule has 6 heteroatoms. The monoisotopic (exact) mass is 592 g/mol. The third-order valence-electron chi connectivity index (χ3n) is 9.55. The highest BCUT2D eigenvalue weighted by Gasteiger charge is 2.39. The van der Waals surface area contributed by atoms with Gasteiger partial charge in [-0.05, 0) is 56.8 Å². The molecule has 0 bridgehead atoms. The molecule has 0 N–H and O–H groups in total. The molecule has 4 rings (SSSR count). The largest absolute Gasteiger partial charge is 1.00 e. The molecule has 0 amide bonds. The van der Waals surface area contributed by atoms with Crippen molar-refractivity contribution in [3.05, 3.63) is 0 Å². The molecule has 0 radical (unpaired) electrons. The minimum Gasteiger partial charge on any atom is -1.00 e. The standard InChI is InChI=1S/C27H50N2O2.2BrH/c1-2-3-4-9-27(30)31-26(22-24-10-18-28(19-11-24)14-5-6-15-28)23-25-12-20-29(21-13-25)16-7-8-17-29;;/h24-26H,2-23H2,1H3;2*1H/q+2;;/p-2. The van der Waals surface area contributed by atoms with Gasteiger partial charge in [-0.2, -0.15) is 0 Å². The fraction of sp³-hybridized carbons (Fsp3) is 0.963. The Kier molecular flexibility index (Phi) is 12.7. The van der Waals surface area contributed by atoms with Crippen molar-refractivity contribution in [1.82, 2.24) is 0 Å². The predicted molar refractivity (Wildman–Crippen MR) is 127 cm³/mol. The van der Waals surface area contributed by atoms with Gasteiger partial charge < -0.3 is 47.7 Å². The number of quaternary nitrogens is 2. The maximum Gasteiger partial charge on any atom is 0.306 e. The molecule has 194 valence electrons. The molecule has 33 heavy (non-hydrogen) atoms. The minimum absolute atomic E-state index is 0. The van der Waals surface area contributed by atoms with Crippen molar-refractivity contribution in [2.45, 2.75) is 103 Å². The summed E-state index contributed by atoms with van der Waals surface area (Å²) in [5, 5.41) is 0. The summed E-state index contributed by atoms with van der Waals surface area (Å²) in [6, 6.07) is 0. The number of carbonyl (C=O) groups is 1. The molecule has 0 aromatic carbocycles. The van der Waals surface area contributed by atoms with Crippen LogP contribution >= 0.6 is 0 Å². The number of hydrogen-bond acceptors (Lipinski definition) is 2. The van der Waals surface area contributed by atoms with E-state index in [-0.39, 0.29) is 46.0 Å². The average Bonchev–Trinajstić information content (AvgIpc) is 3.42. The van der Waals surface area contributed by atoms with Crippen LogP contribution in [-0.4, -0.2) is 73.4 Å². The van der Waals surface area contributed by atoms with Crippen molar-refractivity contribution in [1.29, 1.82) is 0 Å². The second kappa shape index (κ2) is 14.2. The van der Waals surface area contributed by atoms with Gasteiger partial charge in [0.05, 0.1) is 52.4 Å². The first kappa shape index (κ1) is 29.6.